The predicted octanol–water partition coefficient (Wildman–Crippen LogP) is 3.05. The average Bonchev–Trinajstić information content (AvgIpc) is 1.80. The van der Waals surface area contributed by atoms with Crippen molar-refractivity contribution < 1.29 is 13.2 Å². The van der Waals surface area contributed by atoms with Crippen molar-refractivity contribution in [3.63, 3.8) is 0 Å². The van der Waals surface area contributed by atoms with Gasteiger partial charge in [0.15, 0.2) is 0 Å². The van der Waals surface area contributed by atoms with Gasteiger partial charge in [0.1, 0.15) is 6.21 Å². The van der Waals surface area contributed by atoms with E-state index in [1.54, 1.807) is 6.92 Å². The minimum Gasteiger partial charge on any atom is -0.285 e. The quantitative estimate of drug-likeness (QED) is 0.593. The van der Waals surface area contributed by atoms with Crippen LogP contribution in [-0.2, 0) is 0 Å². The number of halogens is 3. The van der Waals surface area contributed by atoms with Gasteiger partial charge in [0.2, 0.25) is 0 Å². The van der Waals surface area contributed by atoms with E-state index >= 15 is 0 Å². The maximum atomic E-state index is 11.6. The lowest BCUT2D eigenvalue weighted by atomic mass is 10.1. The first-order chi connectivity index (χ1) is 5.31. The average molecular weight is 181 g/mol. The zero-order valence-corrected chi connectivity index (χ0v) is 7.52. The Morgan fingerprint density at radius 2 is 1.75 bits per heavy atom. The van der Waals surface area contributed by atoms with E-state index in [0.717, 1.165) is 0 Å². The summed E-state index contributed by atoms with van der Waals surface area (Å²) in [6.45, 7) is 5.60. The molecule has 1 nitrogen and oxygen atoms in total. The van der Waals surface area contributed by atoms with Crippen molar-refractivity contribution in [3.8, 4) is 0 Å². The molecule has 0 heterocycles. The molecule has 0 N–H and O–H groups in total. The van der Waals surface area contributed by atoms with E-state index in [1.165, 1.54) is 0 Å². The molecule has 0 fully saturated rings. The normalized spacial score (nSPS) is 15.9. The van der Waals surface area contributed by atoms with Gasteiger partial charge in [0, 0.05) is 6.04 Å². The Morgan fingerprint density at radius 3 is 2.08 bits per heavy atom. The molecule has 0 rings (SSSR count). The Balaban J connectivity index is 3.83. The number of hydrogen-bond donors (Lipinski definition) is 0. The van der Waals surface area contributed by atoms with E-state index in [2.05, 4.69) is 4.99 Å². The minimum absolute atomic E-state index is 0.0695. The third-order valence-corrected chi connectivity index (χ3v) is 1.29. The Hall–Kier alpha value is -0.540. The van der Waals surface area contributed by atoms with E-state index in [-0.39, 0.29) is 12.3 Å². The Morgan fingerprint density at radius 1 is 1.25 bits per heavy atom. The first-order valence-corrected chi connectivity index (χ1v) is 3.92. The summed E-state index contributed by atoms with van der Waals surface area (Å²) >= 11 is 0. The van der Waals surface area contributed by atoms with Gasteiger partial charge in [-0.2, -0.15) is 13.2 Å². The summed E-state index contributed by atoms with van der Waals surface area (Å²) in [4.78, 5) is 3.39. The summed E-state index contributed by atoms with van der Waals surface area (Å²) in [6, 6.07) is -0.244. The van der Waals surface area contributed by atoms with Gasteiger partial charge in [-0.25, -0.2) is 0 Å². The van der Waals surface area contributed by atoms with Gasteiger partial charge in [0.05, 0.1) is 0 Å². The molecule has 1 atom stereocenters. The van der Waals surface area contributed by atoms with Crippen molar-refractivity contribution in [1.82, 2.24) is 0 Å². The van der Waals surface area contributed by atoms with Gasteiger partial charge in [-0.3, -0.25) is 4.99 Å². The van der Waals surface area contributed by atoms with Crippen LogP contribution in [0.3, 0.4) is 0 Å². The van der Waals surface area contributed by atoms with Crippen molar-refractivity contribution in [2.24, 2.45) is 10.9 Å². The monoisotopic (exact) mass is 181 g/mol. The van der Waals surface area contributed by atoms with E-state index in [9.17, 15) is 13.2 Å². The van der Waals surface area contributed by atoms with E-state index in [4.69, 9.17) is 0 Å². The van der Waals surface area contributed by atoms with Crippen LogP contribution in [0.25, 0.3) is 0 Å². The summed E-state index contributed by atoms with van der Waals surface area (Å²) in [5.41, 5.74) is 0. The van der Waals surface area contributed by atoms with Crippen LogP contribution in [0.5, 0.6) is 0 Å². The molecule has 0 spiro atoms. The lowest BCUT2D eigenvalue weighted by Crippen LogP contribution is -2.12. The molecule has 0 saturated heterocycles. The molecule has 1 unspecified atom stereocenters. The molecule has 0 bridgehead atoms. The van der Waals surface area contributed by atoms with Gasteiger partial charge in [-0.15, -0.1) is 0 Å². The summed E-state index contributed by atoms with van der Waals surface area (Å²) in [6.07, 6.45) is -3.52. The standard InChI is InChI=1S/C8H14F3N/c1-6(2)4-7(3)12-5-8(9,10)11/h5-7H,4H2,1-3H3/b12-5+. The van der Waals surface area contributed by atoms with Gasteiger partial charge in [-0.05, 0) is 19.3 Å². The SMILES string of the molecule is CC(C)CC(C)/N=C/C(F)(F)F. The molecular formula is C8H14F3N. The molecule has 4 heteroatoms. The Kier molecular flexibility index (Phi) is 4.28. The highest BCUT2D eigenvalue weighted by atomic mass is 19.4. The minimum atomic E-state index is -4.27. The molecule has 0 aliphatic carbocycles. The number of aliphatic imine (C=N–C) groups is 1. The lowest BCUT2D eigenvalue weighted by Gasteiger charge is -2.08. The molecule has 72 valence electrons. The van der Waals surface area contributed by atoms with Crippen molar-refractivity contribution in [1.29, 1.82) is 0 Å². The molecule has 0 amide bonds. The van der Waals surface area contributed by atoms with Gasteiger partial charge < -0.3 is 0 Å². The molecule has 0 aromatic carbocycles. The number of rotatable bonds is 3. The number of alkyl halides is 3. The van der Waals surface area contributed by atoms with E-state index in [1.807, 2.05) is 13.8 Å². The number of nitrogens with zero attached hydrogens (tertiary/aromatic N) is 1. The van der Waals surface area contributed by atoms with Crippen LogP contribution in [-0.4, -0.2) is 18.4 Å². The van der Waals surface area contributed by atoms with Crippen LogP contribution in [0.2, 0.25) is 0 Å². The number of hydrogen-bond acceptors (Lipinski definition) is 1. The first-order valence-electron chi connectivity index (χ1n) is 3.92. The second kappa shape index (κ2) is 4.48. The third kappa shape index (κ3) is 7.57. The van der Waals surface area contributed by atoms with Crippen molar-refractivity contribution in [2.45, 2.75) is 39.4 Å². The van der Waals surface area contributed by atoms with Gasteiger partial charge in [0.25, 0.3) is 0 Å². The van der Waals surface area contributed by atoms with Gasteiger partial charge >= 0.3 is 6.18 Å². The fourth-order valence-corrected chi connectivity index (χ4v) is 0.955. The van der Waals surface area contributed by atoms with Crippen LogP contribution in [0.15, 0.2) is 4.99 Å². The summed E-state index contributed by atoms with van der Waals surface area (Å²) in [7, 11) is 0. The Labute approximate surface area is 70.7 Å². The molecule has 12 heavy (non-hydrogen) atoms. The second-order valence-corrected chi connectivity index (χ2v) is 3.30. The molecule has 0 aliphatic heterocycles. The van der Waals surface area contributed by atoms with Crippen LogP contribution in [0.4, 0.5) is 13.2 Å². The zero-order valence-electron chi connectivity index (χ0n) is 7.52. The lowest BCUT2D eigenvalue weighted by molar-refractivity contribution is -0.0539. The van der Waals surface area contributed by atoms with Gasteiger partial charge in [-0.1, -0.05) is 13.8 Å². The summed E-state index contributed by atoms with van der Waals surface area (Å²) in [5.74, 6) is 0.380. The second-order valence-electron chi connectivity index (χ2n) is 3.30. The fourth-order valence-electron chi connectivity index (χ4n) is 0.955. The van der Waals surface area contributed by atoms with Crippen molar-refractivity contribution >= 4 is 6.21 Å². The molecule has 0 aliphatic rings. The molecule has 0 radical (unpaired) electrons. The molecule has 0 aromatic rings. The zero-order chi connectivity index (χ0) is 9.78. The smallest absolute Gasteiger partial charge is 0.285 e. The molecular weight excluding hydrogens is 167 g/mol. The largest absolute Gasteiger partial charge is 0.426 e. The summed E-state index contributed by atoms with van der Waals surface area (Å²) in [5, 5.41) is 0. The van der Waals surface area contributed by atoms with Crippen LogP contribution < -0.4 is 0 Å². The third-order valence-electron chi connectivity index (χ3n) is 1.29. The maximum Gasteiger partial charge on any atom is 0.426 e. The van der Waals surface area contributed by atoms with E-state index in [0.29, 0.717) is 12.3 Å². The fraction of sp³-hybridized carbons (Fsp3) is 0.875. The maximum absolute atomic E-state index is 11.6. The molecule has 0 saturated carbocycles. The summed E-state index contributed by atoms with van der Waals surface area (Å²) < 4.78 is 34.8. The molecule has 0 aromatic heterocycles. The van der Waals surface area contributed by atoms with Crippen molar-refractivity contribution in [2.75, 3.05) is 0 Å². The van der Waals surface area contributed by atoms with Crippen LogP contribution in [0.1, 0.15) is 27.2 Å². The van der Waals surface area contributed by atoms with E-state index < -0.39 is 6.18 Å². The van der Waals surface area contributed by atoms with Crippen molar-refractivity contribution in [3.05, 3.63) is 0 Å². The van der Waals surface area contributed by atoms with Crippen LogP contribution in [0, 0.1) is 5.92 Å². The highest BCUT2D eigenvalue weighted by molar-refractivity contribution is 5.64. The van der Waals surface area contributed by atoms with Crippen LogP contribution >= 0.6 is 0 Å². The Bertz CT molecular complexity index is 149. The highest BCUT2D eigenvalue weighted by Gasteiger charge is 2.23. The first kappa shape index (κ1) is 11.5. The highest BCUT2D eigenvalue weighted by Crippen LogP contribution is 2.13. The predicted molar refractivity (Wildman–Crippen MR) is 43.5 cm³/mol. The topological polar surface area (TPSA) is 12.4 Å².